The average molecular weight is 359 g/mol. The maximum absolute atomic E-state index is 12.6. The van der Waals surface area contributed by atoms with Crippen LogP contribution in [-0.4, -0.2) is 54.7 Å². The van der Waals surface area contributed by atoms with E-state index in [1.54, 1.807) is 4.90 Å². The van der Waals surface area contributed by atoms with Gasteiger partial charge in [0.1, 0.15) is 0 Å². The minimum Gasteiger partial charge on any atom is -0.369 e. The van der Waals surface area contributed by atoms with Crippen molar-refractivity contribution in [3.05, 3.63) is 29.8 Å². The maximum Gasteiger partial charge on any atom is 0.317 e. The van der Waals surface area contributed by atoms with Gasteiger partial charge in [0.15, 0.2) is 0 Å². The van der Waals surface area contributed by atoms with Crippen molar-refractivity contribution in [2.24, 2.45) is 0 Å². The lowest BCUT2D eigenvalue weighted by atomic mass is 10.0. The van der Waals surface area contributed by atoms with E-state index >= 15 is 0 Å². The molecule has 2 heterocycles. The number of carbonyl (C=O) groups excluding carboxylic acids is 2. The van der Waals surface area contributed by atoms with Crippen LogP contribution in [0.4, 0.5) is 10.5 Å². The molecule has 1 aromatic rings. The van der Waals surface area contributed by atoms with Gasteiger partial charge >= 0.3 is 6.03 Å². The molecule has 2 aliphatic heterocycles. The van der Waals surface area contributed by atoms with Crippen molar-refractivity contribution in [2.75, 3.05) is 31.1 Å². The Bertz CT molecular complexity index is 674. The lowest BCUT2D eigenvalue weighted by Gasteiger charge is -2.41. The molecule has 0 bridgehead atoms. The zero-order valence-corrected chi connectivity index (χ0v) is 16.0. The molecule has 0 spiro atoms. The zero-order chi connectivity index (χ0) is 18.7. The number of amides is 3. The SMILES string of the molecule is CC1CN(C(=O)NCCC(=O)N2CCCc3ccccc32)CC(C)(C)O1. The Morgan fingerprint density at radius 2 is 2.08 bits per heavy atom. The topological polar surface area (TPSA) is 61.9 Å². The Kier molecular flexibility index (Phi) is 5.51. The number of anilines is 1. The molecule has 0 aromatic heterocycles. The third-order valence-corrected chi connectivity index (χ3v) is 4.88. The number of rotatable bonds is 3. The molecule has 3 amide bonds. The Balaban J connectivity index is 1.51. The highest BCUT2D eigenvalue weighted by atomic mass is 16.5. The van der Waals surface area contributed by atoms with Gasteiger partial charge in [-0.05, 0) is 45.2 Å². The molecule has 1 saturated heterocycles. The van der Waals surface area contributed by atoms with Crippen LogP contribution in [-0.2, 0) is 16.0 Å². The molecular weight excluding hydrogens is 330 g/mol. The van der Waals surface area contributed by atoms with E-state index in [4.69, 9.17) is 4.74 Å². The molecule has 1 aromatic carbocycles. The van der Waals surface area contributed by atoms with Crippen LogP contribution in [0.15, 0.2) is 24.3 Å². The standard InChI is InChI=1S/C20H29N3O3/c1-15-13-22(14-20(2,3)26-15)19(25)21-11-10-18(24)23-12-6-8-16-7-4-5-9-17(16)23/h4-5,7,9,15H,6,8,10-14H2,1-3H3,(H,21,25). The summed E-state index contributed by atoms with van der Waals surface area (Å²) in [5.74, 6) is 0.0631. The number of fused-ring (bicyclic) bond motifs is 1. The van der Waals surface area contributed by atoms with Crippen molar-refractivity contribution in [3.8, 4) is 0 Å². The van der Waals surface area contributed by atoms with Crippen LogP contribution in [0.3, 0.4) is 0 Å². The first-order chi connectivity index (χ1) is 12.4. The zero-order valence-electron chi connectivity index (χ0n) is 16.0. The van der Waals surface area contributed by atoms with Crippen LogP contribution in [0.1, 0.15) is 39.2 Å². The Labute approximate surface area is 155 Å². The highest BCUT2D eigenvalue weighted by Gasteiger charge is 2.33. The van der Waals surface area contributed by atoms with Gasteiger partial charge < -0.3 is 19.9 Å². The number of morpholine rings is 1. The number of benzene rings is 1. The molecule has 3 rings (SSSR count). The molecule has 1 unspecified atom stereocenters. The van der Waals surface area contributed by atoms with Gasteiger partial charge in [0.2, 0.25) is 5.91 Å². The Morgan fingerprint density at radius 1 is 1.31 bits per heavy atom. The maximum atomic E-state index is 12.6. The molecule has 0 saturated carbocycles. The first kappa shape index (κ1) is 18.7. The fraction of sp³-hybridized carbons (Fsp3) is 0.600. The molecule has 0 aliphatic carbocycles. The molecule has 1 fully saturated rings. The van der Waals surface area contributed by atoms with Crippen LogP contribution in [0.5, 0.6) is 0 Å². The predicted molar refractivity (Wildman–Crippen MR) is 101 cm³/mol. The summed E-state index contributed by atoms with van der Waals surface area (Å²) in [6, 6.07) is 7.94. The van der Waals surface area contributed by atoms with E-state index in [0.717, 1.165) is 25.1 Å². The van der Waals surface area contributed by atoms with E-state index in [-0.39, 0.29) is 23.6 Å². The van der Waals surface area contributed by atoms with Crippen molar-refractivity contribution in [2.45, 2.75) is 51.7 Å². The highest BCUT2D eigenvalue weighted by Crippen LogP contribution is 2.27. The van der Waals surface area contributed by atoms with Crippen molar-refractivity contribution < 1.29 is 14.3 Å². The molecular formula is C20H29N3O3. The summed E-state index contributed by atoms with van der Waals surface area (Å²) in [5.41, 5.74) is 1.89. The minimum absolute atomic E-state index is 0.0102. The number of ether oxygens (including phenoxy) is 1. The van der Waals surface area contributed by atoms with Crippen LogP contribution in [0, 0.1) is 0 Å². The van der Waals surface area contributed by atoms with Gasteiger partial charge in [-0.2, -0.15) is 0 Å². The molecule has 1 atom stereocenters. The largest absolute Gasteiger partial charge is 0.369 e. The van der Waals surface area contributed by atoms with Gasteiger partial charge in [-0.15, -0.1) is 0 Å². The van der Waals surface area contributed by atoms with Gasteiger partial charge in [0.25, 0.3) is 0 Å². The normalized spacial score (nSPS) is 21.9. The van der Waals surface area contributed by atoms with Gasteiger partial charge in [0, 0.05) is 31.7 Å². The number of carbonyl (C=O) groups is 2. The molecule has 26 heavy (non-hydrogen) atoms. The fourth-order valence-electron chi connectivity index (χ4n) is 3.92. The van der Waals surface area contributed by atoms with Crippen LogP contribution < -0.4 is 10.2 Å². The minimum atomic E-state index is -0.345. The molecule has 0 radical (unpaired) electrons. The van der Waals surface area contributed by atoms with Crippen molar-refractivity contribution in [1.82, 2.24) is 10.2 Å². The molecule has 142 valence electrons. The number of para-hydroxylation sites is 1. The Morgan fingerprint density at radius 3 is 2.85 bits per heavy atom. The van der Waals surface area contributed by atoms with Gasteiger partial charge in [-0.3, -0.25) is 4.79 Å². The van der Waals surface area contributed by atoms with Gasteiger partial charge in [0.05, 0.1) is 18.2 Å². The Hall–Kier alpha value is -2.08. The number of urea groups is 1. The molecule has 2 aliphatic rings. The number of hydrogen-bond donors (Lipinski definition) is 1. The van der Waals surface area contributed by atoms with Gasteiger partial charge in [-0.1, -0.05) is 18.2 Å². The molecule has 6 nitrogen and oxygen atoms in total. The second-order valence-electron chi connectivity index (χ2n) is 7.83. The second kappa shape index (κ2) is 7.66. The van der Waals surface area contributed by atoms with E-state index in [0.29, 0.717) is 26.1 Å². The van der Waals surface area contributed by atoms with Gasteiger partial charge in [-0.25, -0.2) is 4.79 Å². The lowest BCUT2D eigenvalue weighted by Crippen LogP contribution is -2.56. The molecule has 6 heteroatoms. The average Bonchev–Trinajstić information content (AvgIpc) is 2.59. The summed E-state index contributed by atoms with van der Waals surface area (Å²) in [6.45, 7) is 8.17. The van der Waals surface area contributed by atoms with E-state index in [1.807, 2.05) is 43.9 Å². The highest BCUT2D eigenvalue weighted by molar-refractivity contribution is 5.94. The lowest BCUT2D eigenvalue weighted by molar-refractivity contribution is -0.119. The summed E-state index contributed by atoms with van der Waals surface area (Å²) >= 11 is 0. The summed E-state index contributed by atoms with van der Waals surface area (Å²) in [7, 11) is 0. The quantitative estimate of drug-likeness (QED) is 0.902. The van der Waals surface area contributed by atoms with Crippen LogP contribution >= 0.6 is 0 Å². The summed E-state index contributed by atoms with van der Waals surface area (Å²) in [4.78, 5) is 28.7. The number of aryl methyl sites for hydroxylation is 1. The van der Waals surface area contributed by atoms with Crippen molar-refractivity contribution in [3.63, 3.8) is 0 Å². The third kappa shape index (κ3) is 4.36. The second-order valence-corrected chi connectivity index (χ2v) is 7.83. The van der Waals surface area contributed by atoms with E-state index in [2.05, 4.69) is 11.4 Å². The predicted octanol–water partition coefficient (Wildman–Crippen LogP) is 2.56. The van der Waals surface area contributed by atoms with E-state index in [1.165, 1.54) is 5.56 Å². The third-order valence-electron chi connectivity index (χ3n) is 4.88. The summed E-state index contributed by atoms with van der Waals surface area (Å²) < 4.78 is 5.83. The summed E-state index contributed by atoms with van der Waals surface area (Å²) in [5, 5.41) is 2.89. The van der Waals surface area contributed by atoms with Crippen molar-refractivity contribution in [1.29, 1.82) is 0 Å². The number of nitrogens with zero attached hydrogens (tertiary/aromatic N) is 2. The fourth-order valence-corrected chi connectivity index (χ4v) is 3.92. The molecule has 1 N–H and O–H groups in total. The van der Waals surface area contributed by atoms with Crippen LogP contribution in [0.25, 0.3) is 0 Å². The van der Waals surface area contributed by atoms with E-state index < -0.39 is 0 Å². The monoisotopic (exact) mass is 359 g/mol. The first-order valence-corrected chi connectivity index (χ1v) is 9.44. The number of hydrogen-bond acceptors (Lipinski definition) is 3. The van der Waals surface area contributed by atoms with E-state index in [9.17, 15) is 9.59 Å². The number of nitrogens with one attached hydrogen (secondary N) is 1. The smallest absolute Gasteiger partial charge is 0.317 e. The summed E-state index contributed by atoms with van der Waals surface area (Å²) in [6.07, 6.45) is 2.32. The first-order valence-electron chi connectivity index (χ1n) is 9.44. The van der Waals surface area contributed by atoms with Crippen LogP contribution in [0.2, 0.25) is 0 Å². The van der Waals surface area contributed by atoms with Crippen molar-refractivity contribution >= 4 is 17.6 Å².